The van der Waals surface area contributed by atoms with Crippen molar-refractivity contribution in [3.63, 3.8) is 0 Å². The molecule has 32 heavy (non-hydrogen) atoms. The Bertz CT molecular complexity index is 1250. The van der Waals surface area contributed by atoms with Gasteiger partial charge < -0.3 is 10.0 Å². The number of thiazole rings is 1. The van der Waals surface area contributed by atoms with E-state index in [1.54, 1.807) is 4.52 Å². The molecule has 1 atom stereocenters. The molecular weight excluding hydrogens is 465 g/mol. The quantitative estimate of drug-likeness (QED) is 0.415. The van der Waals surface area contributed by atoms with Crippen LogP contribution in [0.5, 0.6) is 5.88 Å². The largest absolute Gasteiger partial charge is 0.492 e. The Kier molecular flexibility index (Phi) is 5.99. The molecular formula is C23H23Cl2N5OS. The fourth-order valence-corrected chi connectivity index (χ4v) is 5.75. The molecule has 2 aromatic carbocycles. The van der Waals surface area contributed by atoms with Gasteiger partial charge >= 0.3 is 0 Å². The first-order chi connectivity index (χ1) is 15.5. The maximum absolute atomic E-state index is 11.1. The third-order valence-electron chi connectivity index (χ3n) is 5.83. The van der Waals surface area contributed by atoms with E-state index in [2.05, 4.69) is 32.0 Å². The maximum atomic E-state index is 11.1. The first-order valence-electron chi connectivity index (χ1n) is 10.6. The molecule has 2 aromatic heterocycles. The number of rotatable bonds is 5. The number of hydrogen-bond acceptors (Lipinski definition) is 6. The molecule has 1 aliphatic heterocycles. The van der Waals surface area contributed by atoms with Gasteiger partial charge in [0.25, 0.3) is 0 Å². The lowest BCUT2D eigenvalue weighted by Crippen LogP contribution is -2.47. The number of aryl methyl sites for hydroxylation is 1. The molecule has 0 unspecified atom stereocenters. The van der Waals surface area contributed by atoms with Gasteiger partial charge in [0.2, 0.25) is 10.8 Å². The van der Waals surface area contributed by atoms with Crippen molar-refractivity contribution < 1.29 is 5.11 Å². The number of hydrogen-bond donors (Lipinski definition) is 1. The van der Waals surface area contributed by atoms with Crippen LogP contribution in [0.1, 0.15) is 29.2 Å². The topological polar surface area (TPSA) is 56.9 Å². The van der Waals surface area contributed by atoms with Crippen molar-refractivity contribution >= 4 is 45.2 Å². The smallest absolute Gasteiger partial charge is 0.230 e. The number of aromatic hydroxyl groups is 1. The van der Waals surface area contributed by atoms with E-state index in [4.69, 9.17) is 23.2 Å². The molecule has 1 N–H and O–H groups in total. The third kappa shape index (κ3) is 4.06. The second-order valence-electron chi connectivity index (χ2n) is 7.83. The molecule has 1 saturated heterocycles. The van der Waals surface area contributed by atoms with Crippen molar-refractivity contribution in [1.29, 1.82) is 0 Å². The van der Waals surface area contributed by atoms with Gasteiger partial charge in [0.15, 0.2) is 5.82 Å². The molecule has 0 saturated carbocycles. The van der Waals surface area contributed by atoms with Crippen molar-refractivity contribution in [2.24, 2.45) is 0 Å². The van der Waals surface area contributed by atoms with Crippen LogP contribution in [-0.2, 0) is 6.42 Å². The van der Waals surface area contributed by atoms with Gasteiger partial charge in [-0.2, -0.15) is 4.52 Å². The van der Waals surface area contributed by atoms with E-state index >= 15 is 0 Å². The minimum atomic E-state index is -0.131. The van der Waals surface area contributed by atoms with Gasteiger partial charge in [0, 0.05) is 48.3 Å². The number of anilines is 1. The number of nitrogens with zero attached hydrogens (tertiary/aromatic N) is 5. The fraction of sp³-hybridized carbons (Fsp3) is 0.304. The van der Waals surface area contributed by atoms with Crippen molar-refractivity contribution in [1.82, 2.24) is 19.5 Å². The van der Waals surface area contributed by atoms with Crippen LogP contribution in [-0.4, -0.2) is 50.8 Å². The van der Waals surface area contributed by atoms with E-state index in [1.165, 1.54) is 11.3 Å². The Hall–Kier alpha value is -2.32. The number of aromatic nitrogens is 3. The molecule has 1 fully saturated rings. The first-order valence-corrected chi connectivity index (χ1v) is 12.2. The van der Waals surface area contributed by atoms with Crippen LogP contribution in [0.2, 0.25) is 10.0 Å². The summed E-state index contributed by atoms with van der Waals surface area (Å²) in [5, 5.41) is 16.9. The summed E-state index contributed by atoms with van der Waals surface area (Å²) in [6.45, 7) is 5.39. The zero-order valence-corrected chi connectivity index (χ0v) is 19.9. The van der Waals surface area contributed by atoms with E-state index in [0.29, 0.717) is 9.98 Å². The average Bonchev–Trinajstić information content (AvgIpc) is 3.34. The highest BCUT2D eigenvalue weighted by atomic mass is 35.5. The third-order valence-corrected chi connectivity index (χ3v) is 7.37. The molecule has 4 aromatic rings. The van der Waals surface area contributed by atoms with Crippen molar-refractivity contribution in [2.75, 3.05) is 31.1 Å². The van der Waals surface area contributed by atoms with E-state index in [1.807, 2.05) is 43.3 Å². The van der Waals surface area contributed by atoms with Crippen LogP contribution in [0.25, 0.3) is 4.96 Å². The molecule has 5 rings (SSSR count). The summed E-state index contributed by atoms with van der Waals surface area (Å²) in [6, 6.07) is 15.7. The van der Waals surface area contributed by atoms with Crippen LogP contribution in [0.3, 0.4) is 0 Å². The summed E-state index contributed by atoms with van der Waals surface area (Å²) < 4.78 is 1.55. The van der Waals surface area contributed by atoms with Crippen molar-refractivity contribution in [3.8, 4) is 5.88 Å². The summed E-state index contributed by atoms with van der Waals surface area (Å²) in [7, 11) is 0. The first kappa shape index (κ1) is 21.5. The van der Waals surface area contributed by atoms with Gasteiger partial charge in [-0.1, -0.05) is 59.7 Å². The average molecular weight is 488 g/mol. The predicted octanol–water partition coefficient (Wildman–Crippen LogP) is 5.28. The summed E-state index contributed by atoms with van der Waals surface area (Å²) >= 11 is 14.0. The highest BCUT2D eigenvalue weighted by Crippen LogP contribution is 2.41. The molecule has 0 bridgehead atoms. The van der Waals surface area contributed by atoms with E-state index in [0.717, 1.165) is 59.6 Å². The van der Waals surface area contributed by atoms with Crippen LogP contribution in [0.15, 0.2) is 48.5 Å². The standard InChI is InChI=1S/C23H23Cl2N5OS/c1-2-19-26-23-30(27-19)22(31)21(32-23)20(15-5-3-6-16(24)13-15)29-11-9-28(10-12-29)18-8-4-7-17(25)14-18/h3-8,13-14,20,31H,2,9-12H2,1H3/t20-/m1/s1. The minimum Gasteiger partial charge on any atom is -0.492 e. The summed E-state index contributed by atoms with van der Waals surface area (Å²) in [5.41, 5.74) is 2.18. The zero-order chi connectivity index (χ0) is 22.2. The molecule has 0 radical (unpaired) electrons. The molecule has 6 nitrogen and oxygen atoms in total. The van der Waals surface area contributed by atoms with Crippen molar-refractivity contribution in [3.05, 3.63) is 74.8 Å². The van der Waals surface area contributed by atoms with Crippen LogP contribution in [0.4, 0.5) is 5.69 Å². The summed E-state index contributed by atoms with van der Waals surface area (Å²) in [4.78, 5) is 10.8. The monoisotopic (exact) mass is 487 g/mol. The van der Waals surface area contributed by atoms with E-state index in [-0.39, 0.29) is 11.9 Å². The van der Waals surface area contributed by atoms with Gasteiger partial charge in [-0.25, -0.2) is 4.98 Å². The van der Waals surface area contributed by atoms with Crippen LogP contribution < -0.4 is 4.90 Å². The van der Waals surface area contributed by atoms with Crippen molar-refractivity contribution in [2.45, 2.75) is 19.4 Å². The van der Waals surface area contributed by atoms with Gasteiger partial charge in [-0.05, 0) is 35.9 Å². The molecule has 0 aliphatic carbocycles. The Balaban J connectivity index is 1.48. The predicted molar refractivity (Wildman–Crippen MR) is 130 cm³/mol. The number of fused-ring (bicyclic) bond motifs is 1. The second-order valence-corrected chi connectivity index (χ2v) is 9.71. The number of halogens is 2. The summed E-state index contributed by atoms with van der Waals surface area (Å²) in [6.07, 6.45) is 0.729. The Morgan fingerprint density at radius 3 is 2.41 bits per heavy atom. The Labute approximate surface area is 200 Å². The van der Waals surface area contributed by atoms with Gasteiger partial charge in [0.05, 0.1) is 10.9 Å². The highest BCUT2D eigenvalue weighted by molar-refractivity contribution is 7.17. The summed E-state index contributed by atoms with van der Waals surface area (Å²) in [5.74, 6) is 0.881. The lowest BCUT2D eigenvalue weighted by atomic mass is 10.0. The molecule has 166 valence electrons. The zero-order valence-electron chi connectivity index (χ0n) is 17.6. The Morgan fingerprint density at radius 1 is 1.03 bits per heavy atom. The molecule has 0 amide bonds. The van der Waals surface area contributed by atoms with Gasteiger partial charge in [-0.3, -0.25) is 4.90 Å². The van der Waals surface area contributed by atoms with Crippen LogP contribution >= 0.6 is 34.5 Å². The van der Waals surface area contributed by atoms with E-state index < -0.39 is 0 Å². The normalized spacial score (nSPS) is 16.0. The fourth-order valence-electron chi connectivity index (χ4n) is 4.23. The van der Waals surface area contributed by atoms with E-state index in [9.17, 15) is 5.11 Å². The van der Waals surface area contributed by atoms with Crippen LogP contribution in [0, 0.1) is 0 Å². The lowest BCUT2D eigenvalue weighted by Gasteiger charge is -2.40. The van der Waals surface area contributed by atoms with Gasteiger partial charge in [-0.15, -0.1) is 5.10 Å². The molecule has 9 heteroatoms. The Morgan fingerprint density at radius 2 is 1.75 bits per heavy atom. The molecule has 1 aliphatic rings. The second kappa shape index (κ2) is 8.90. The maximum Gasteiger partial charge on any atom is 0.230 e. The number of piperazine rings is 1. The molecule has 3 heterocycles. The molecule has 0 spiro atoms. The minimum absolute atomic E-state index is 0.131. The highest BCUT2D eigenvalue weighted by Gasteiger charge is 2.32. The van der Waals surface area contributed by atoms with Gasteiger partial charge in [0.1, 0.15) is 0 Å². The lowest BCUT2D eigenvalue weighted by molar-refractivity contribution is 0.211. The SMILES string of the molecule is CCc1nc2sc([C@@H](c3cccc(Cl)c3)N3CCN(c4cccc(Cl)c4)CC3)c(O)n2n1. The number of benzene rings is 2.